The molecule has 16 heteroatoms. The van der Waals surface area contributed by atoms with Crippen LogP contribution in [0, 0.1) is 0 Å². The van der Waals surface area contributed by atoms with E-state index < -0.39 is 28.9 Å². The molecule has 4 aliphatic rings. The summed E-state index contributed by atoms with van der Waals surface area (Å²) in [6, 6.07) is 1.98. The third kappa shape index (κ3) is 5.25. The molecule has 4 atom stereocenters. The van der Waals surface area contributed by atoms with Crippen LogP contribution in [0.5, 0.6) is 11.5 Å². The van der Waals surface area contributed by atoms with Crippen molar-refractivity contribution in [3.05, 3.63) is 45.1 Å². The van der Waals surface area contributed by atoms with Gasteiger partial charge in [0.15, 0.2) is 16.6 Å². The second kappa shape index (κ2) is 11.8. The van der Waals surface area contributed by atoms with Gasteiger partial charge in [-0.2, -0.15) is 0 Å². The maximum Gasteiger partial charge on any atom is 0.355 e. The molecule has 4 unspecified atom stereocenters. The number of nitrogen functional groups attached to an aromatic ring is 1. The van der Waals surface area contributed by atoms with E-state index in [0.29, 0.717) is 47.2 Å². The normalized spacial score (nSPS) is 26.1. The van der Waals surface area contributed by atoms with Gasteiger partial charge in [-0.1, -0.05) is 11.6 Å². The first-order valence-electron chi connectivity index (χ1n) is 14.1. The minimum absolute atomic E-state index is 0.000829. The summed E-state index contributed by atoms with van der Waals surface area (Å²) in [5, 5.41) is 24.0. The number of methoxy groups -OCH3 is 1. The van der Waals surface area contributed by atoms with Gasteiger partial charge in [0, 0.05) is 29.5 Å². The number of ether oxygens (including phenoxy) is 1. The molecule has 1 aromatic carbocycles. The first-order valence-corrected chi connectivity index (χ1v) is 16.4. The number of anilines is 1. The van der Waals surface area contributed by atoms with Crippen molar-refractivity contribution in [2.75, 3.05) is 51.3 Å². The molecule has 3 fully saturated rings. The van der Waals surface area contributed by atoms with Crippen LogP contribution in [0.3, 0.4) is 0 Å². The van der Waals surface area contributed by atoms with E-state index in [2.05, 4.69) is 10.3 Å². The molecule has 0 aliphatic carbocycles. The molecule has 13 nitrogen and oxygen atoms in total. The summed E-state index contributed by atoms with van der Waals surface area (Å²) in [6.07, 6.45) is 1.84. The Morgan fingerprint density at radius 2 is 2.07 bits per heavy atom. The smallest absolute Gasteiger partial charge is 0.355 e. The Balaban J connectivity index is 1.18. The van der Waals surface area contributed by atoms with Crippen LogP contribution >= 0.6 is 34.7 Å². The van der Waals surface area contributed by atoms with E-state index in [1.54, 1.807) is 10.3 Å². The van der Waals surface area contributed by atoms with Gasteiger partial charge in [-0.15, -0.1) is 23.1 Å². The van der Waals surface area contributed by atoms with Crippen LogP contribution in [-0.2, 0) is 25.5 Å². The summed E-state index contributed by atoms with van der Waals surface area (Å²) in [7, 11) is 1.29. The number of thiazole rings is 1. The van der Waals surface area contributed by atoms with Crippen molar-refractivity contribution in [2.45, 2.75) is 36.7 Å². The quantitative estimate of drug-likeness (QED) is 0.146. The minimum atomic E-state index is -0.767. The molecule has 0 saturated carbocycles. The predicted octanol–water partition coefficient (Wildman–Crippen LogP) is 1.29. The second-order valence-corrected chi connectivity index (χ2v) is 13.8. The van der Waals surface area contributed by atoms with E-state index in [1.165, 1.54) is 47.2 Å². The van der Waals surface area contributed by atoms with E-state index in [4.69, 9.17) is 22.1 Å². The van der Waals surface area contributed by atoms with E-state index in [9.17, 15) is 29.4 Å². The summed E-state index contributed by atoms with van der Waals surface area (Å²) in [5.41, 5.74) is 7.36. The number of β-lactam (4-membered cyclic amide) rings is 1. The number of nitrogens with zero attached hydrogens (tertiary/aromatic N) is 4. The molecule has 0 spiro atoms. The number of hydrogen-bond acceptors (Lipinski definition) is 11. The Labute approximate surface area is 266 Å². The number of fused-ring (bicyclic) bond motifs is 2. The number of esters is 1. The number of phenolic OH excluding ortho intramolecular Hbond substituents is 2. The Hall–Kier alpha value is -3.53. The number of rotatable bonds is 7. The highest BCUT2D eigenvalue weighted by molar-refractivity contribution is 8.00. The lowest BCUT2D eigenvalue weighted by atomic mass is 10.0. The zero-order valence-corrected chi connectivity index (χ0v) is 26.2. The number of piperazine rings is 1. The fraction of sp³-hybridized carbons (Fsp3) is 0.464. The van der Waals surface area contributed by atoms with Crippen LogP contribution in [0.2, 0.25) is 5.02 Å². The lowest BCUT2D eigenvalue weighted by molar-refractivity contribution is -0.938. The molecular weight excluding hydrogens is 632 g/mol. The molecule has 0 radical (unpaired) electrons. The predicted molar refractivity (Wildman–Crippen MR) is 163 cm³/mol. The molecule has 234 valence electrons. The van der Waals surface area contributed by atoms with Gasteiger partial charge in [0.2, 0.25) is 5.91 Å². The zero-order valence-electron chi connectivity index (χ0n) is 23.8. The van der Waals surface area contributed by atoms with Crippen molar-refractivity contribution in [3.8, 4) is 11.5 Å². The van der Waals surface area contributed by atoms with Crippen LogP contribution in [0.15, 0.2) is 28.8 Å². The summed E-state index contributed by atoms with van der Waals surface area (Å²) >= 11 is 8.92. The van der Waals surface area contributed by atoms with Crippen LogP contribution in [-0.4, -0.2) is 116 Å². The van der Waals surface area contributed by atoms with Gasteiger partial charge in [-0.25, -0.2) is 9.78 Å². The van der Waals surface area contributed by atoms with Gasteiger partial charge >= 0.3 is 5.97 Å². The monoisotopic (exact) mass is 663 g/mol. The molecule has 4 aliphatic heterocycles. The summed E-state index contributed by atoms with van der Waals surface area (Å²) in [6.45, 7) is 2.94. The number of aromatic hydroxyl groups is 2. The molecule has 5 heterocycles. The number of nitrogens with one attached hydrogen (secondary N) is 1. The average molecular weight is 664 g/mol. The highest BCUT2D eigenvalue weighted by atomic mass is 35.5. The number of phenols is 2. The largest absolute Gasteiger partial charge is 0.504 e. The van der Waals surface area contributed by atoms with Crippen LogP contribution in [0.25, 0.3) is 0 Å². The van der Waals surface area contributed by atoms with Gasteiger partial charge in [-0.05, 0) is 12.1 Å². The van der Waals surface area contributed by atoms with Crippen molar-refractivity contribution in [1.29, 1.82) is 0 Å². The number of halogens is 1. The molecular formula is C28H32ClN6O7S2+. The Morgan fingerprint density at radius 3 is 2.80 bits per heavy atom. The zero-order chi connectivity index (χ0) is 31.3. The van der Waals surface area contributed by atoms with Crippen molar-refractivity contribution in [1.82, 2.24) is 20.1 Å². The standard InChI is InChI=1S/C28H31ClN6O7S2/c1-42-27(41)22-14(12-43-26-21(25(40)34(22)26)32-19(37)9-15-13-44-28(30)31-15)11-35-7-2-3-16(35)10-33(6-8-35)24(39)17-4-5-18(36)23(38)20(17)29/h4-5,13,16,21,26H,2-3,6-12H2,1H3,(H4-,30,31,32,36,37,38,39)/p+1. The van der Waals surface area contributed by atoms with Gasteiger partial charge in [0.25, 0.3) is 11.8 Å². The van der Waals surface area contributed by atoms with Gasteiger partial charge in [0.1, 0.15) is 29.7 Å². The third-order valence-corrected chi connectivity index (χ3v) is 11.4. The fourth-order valence-electron chi connectivity index (χ4n) is 6.75. The Morgan fingerprint density at radius 1 is 1.27 bits per heavy atom. The molecule has 5 N–H and O–H groups in total. The van der Waals surface area contributed by atoms with Crippen molar-refractivity contribution < 1.29 is 38.6 Å². The number of benzene rings is 1. The Kier molecular flexibility index (Phi) is 8.15. The number of hydrogen-bond donors (Lipinski definition) is 4. The number of thioether (sulfide) groups is 1. The summed E-state index contributed by atoms with van der Waals surface area (Å²) < 4.78 is 5.81. The van der Waals surface area contributed by atoms with Crippen molar-refractivity contribution in [3.63, 3.8) is 0 Å². The minimum Gasteiger partial charge on any atom is -0.504 e. The first-order chi connectivity index (χ1) is 21.0. The summed E-state index contributed by atoms with van der Waals surface area (Å²) in [5.74, 6) is -2.06. The lowest BCUT2D eigenvalue weighted by Crippen LogP contribution is -2.71. The van der Waals surface area contributed by atoms with Crippen LogP contribution in [0.4, 0.5) is 5.13 Å². The van der Waals surface area contributed by atoms with E-state index in [-0.39, 0.29) is 46.5 Å². The highest BCUT2D eigenvalue weighted by Gasteiger charge is 2.56. The van der Waals surface area contributed by atoms with Gasteiger partial charge in [-0.3, -0.25) is 19.3 Å². The van der Waals surface area contributed by atoms with E-state index in [1.807, 2.05) is 0 Å². The van der Waals surface area contributed by atoms with E-state index >= 15 is 0 Å². The fourth-order valence-corrected chi connectivity index (χ4v) is 8.89. The van der Waals surface area contributed by atoms with Gasteiger partial charge < -0.3 is 35.4 Å². The number of quaternary nitrogens is 1. The molecule has 3 amide bonds. The molecule has 2 aromatic rings. The topological polar surface area (TPSA) is 175 Å². The molecule has 1 aromatic heterocycles. The van der Waals surface area contributed by atoms with Crippen molar-refractivity contribution in [2.24, 2.45) is 0 Å². The third-order valence-electron chi connectivity index (χ3n) is 8.93. The number of carbonyl (C=O) groups is 4. The lowest BCUT2D eigenvalue weighted by Gasteiger charge is -2.52. The highest BCUT2D eigenvalue weighted by Crippen LogP contribution is 2.43. The Bertz CT molecular complexity index is 1580. The first kappa shape index (κ1) is 30.5. The summed E-state index contributed by atoms with van der Waals surface area (Å²) in [4.78, 5) is 59.7. The molecule has 44 heavy (non-hydrogen) atoms. The molecule has 0 bridgehead atoms. The van der Waals surface area contributed by atoms with E-state index in [0.717, 1.165) is 25.0 Å². The number of nitrogens with two attached hydrogens (primary N) is 1. The SMILES string of the molecule is COC(=O)C1=C(C[N+]23CCCC2CN(C(=O)c2ccc(O)c(O)c2Cl)CC3)CSC2C(NC(=O)Cc3csc(N)n3)C(=O)N12. The number of carbonyl (C=O) groups excluding carboxylic acids is 4. The number of aromatic nitrogens is 1. The van der Waals surface area contributed by atoms with Crippen LogP contribution < -0.4 is 11.1 Å². The maximum atomic E-state index is 13.4. The maximum absolute atomic E-state index is 13.4. The van der Waals surface area contributed by atoms with Crippen LogP contribution in [0.1, 0.15) is 28.9 Å². The second-order valence-electron chi connectivity index (χ2n) is 11.4. The number of amides is 3. The van der Waals surface area contributed by atoms with Crippen molar-refractivity contribution >= 4 is 63.5 Å². The molecule has 3 saturated heterocycles. The van der Waals surface area contributed by atoms with Gasteiger partial charge in [0.05, 0.1) is 56.0 Å². The average Bonchev–Trinajstić information content (AvgIpc) is 3.62. The molecule has 6 rings (SSSR count).